The van der Waals surface area contributed by atoms with Gasteiger partial charge in [-0.15, -0.1) is 0 Å². The van der Waals surface area contributed by atoms with E-state index in [4.69, 9.17) is 28.3 Å². The quantitative estimate of drug-likeness (QED) is 0.801. The van der Waals surface area contributed by atoms with E-state index in [1.54, 1.807) is 0 Å². The van der Waals surface area contributed by atoms with Crippen LogP contribution in [-0.2, 0) is 15.8 Å². The molecular formula is C13H9Cl2F3N2O3. The van der Waals surface area contributed by atoms with E-state index >= 15 is 0 Å². The van der Waals surface area contributed by atoms with E-state index in [2.05, 4.69) is 5.32 Å². The van der Waals surface area contributed by atoms with Gasteiger partial charge >= 0.3 is 6.18 Å². The number of halogens is 5. The Kier molecular flexibility index (Phi) is 4.88. The number of nitrogens with zero attached hydrogens (tertiary/aromatic N) is 1. The zero-order chi connectivity index (χ0) is 17.4. The Hall–Kier alpha value is -1.77. The molecule has 23 heavy (non-hydrogen) atoms. The number of anilines is 1. The molecule has 2 rings (SSSR count). The van der Waals surface area contributed by atoms with Gasteiger partial charge in [-0.1, -0.05) is 23.2 Å². The van der Waals surface area contributed by atoms with Crippen molar-refractivity contribution < 1.29 is 27.9 Å². The molecule has 10 heteroatoms. The summed E-state index contributed by atoms with van der Waals surface area (Å²) in [6.07, 6.45) is -3.81. The molecule has 5 nitrogen and oxygen atoms in total. The number of hydrogen-bond acceptors (Lipinski definition) is 4. The summed E-state index contributed by atoms with van der Waals surface area (Å²) >= 11 is 11.5. The van der Waals surface area contributed by atoms with Crippen LogP contribution < -0.4 is 5.32 Å². The van der Waals surface area contributed by atoms with Gasteiger partial charge in [0.2, 0.25) is 0 Å². The smallest absolute Gasteiger partial charge is 0.395 e. The fraction of sp³-hybridized carbons (Fsp3) is 0.231. The Balaban J connectivity index is 2.37. The van der Waals surface area contributed by atoms with Crippen LogP contribution in [0.4, 0.5) is 18.9 Å². The Morgan fingerprint density at radius 1 is 1.22 bits per heavy atom. The van der Waals surface area contributed by atoms with Crippen LogP contribution >= 0.6 is 23.2 Å². The topological polar surface area (TPSA) is 69.6 Å². The molecule has 0 aromatic heterocycles. The summed E-state index contributed by atoms with van der Waals surface area (Å²) in [7, 11) is 0. The Morgan fingerprint density at radius 3 is 2.43 bits per heavy atom. The van der Waals surface area contributed by atoms with Crippen molar-refractivity contribution in [1.29, 1.82) is 0 Å². The number of amides is 2. The second-order valence-electron chi connectivity index (χ2n) is 4.48. The molecule has 1 aromatic rings. The van der Waals surface area contributed by atoms with Crippen LogP contribution in [-0.4, -0.2) is 35.0 Å². The molecule has 0 fully saturated rings. The van der Waals surface area contributed by atoms with Crippen LogP contribution in [0.5, 0.6) is 0 Å². The number of aliphatic hydroxyl groups is 1. The molecule has 0 spiro atoms. The average Bonchev–Trinajstić information content (AvgIpc) is 2.70. The van der Waals surface area contributed by atoms with E-state index in [1.807, 2.05) is 0 Å². The van der Waals surface area contributed by atoms with Crippen LogP contribution in [0.2, 0.25) is 10.0 Å². The number of benzene rings is 1. The molecule has 1 aliphatic rings. The van der Waals surface area contributed by atoms with Crippen LogP contribution in [0, 0.1) is 0 Å². The highest BCUT2D eigenvalue weighted by atomic mass is 35.5. The zero-order valence-corrected chi connectivity index (χ0v) is 12.8. The first-order valence-corrected chi connectivity index (χ1v) is 6.93. The fourth-order valence-corrected chi connectivity index (χ4v) is 2.50. The number of carbonyl (C=O) groups excluding carboxylic acids is 2. The van der Waals surface area contributed by atoms with Gasteiger partial charge in [-0.2, -0.15) is 13.2 Å². The molecule has 1 aliphatic heterocycles. The number of alkyl halides is 3. The molecule has 124 valence electrons. The predicted octanol–water partition coefficient (Wildman–Crippen LogP) is 2.67. The molecule has 1 heterocycles. The van der Waals surface area contributed by atoms with Gasteiger partial charge in [-0.05, 0) is 12.1 Å². The first kappa shape index (κ1) is 17.6. The maximum absolute atomic E-state index is 12.8. The standard InChI is InChI=1S/C13H9Cl2F3N2O3/c14-7-2-1-6(13(16,17)18)10(15)11(7)19-8-5-9(22)20(3-4-21)12(8)23/h1-2,5,19,21H,3-4H2. The minimum absolute atomic E-state index is 0.148. The number of carbonyl (C=O) groups is 2. The minimum atomic E-state index is -4.70. The number of aliphatic hydroxyl groups excluding tert-OH is 1. The lowest BCUT2D eigenvalue weighted by Crippen LogP contribution is -2.34. The molecule has 0 saturated carbocycles. The second kappa shape index (κ2) is 6.38. The Labute approximate surface area is 138 Å². The van der Waals surface area contributed by atoms with Gasteiger partial charge in [0, 0.05) is 6.08 Å². The number of β-amino-alcohol motifs (C(OH)–C–C–N with tert-alkyl or cyclic N) is 1. The largest absolute Gasteiger partial charge is 0.417 e. The monoisotopic (exact) mass is 368 g/mol. The van der Waals surface area contributed by atoms with Gasteiger partial charge in [0.05, 0.1) is 34.4 Å². The summed E-state index contributed by atoms with van der Waals surface area (Å²) in [5, 5.41) is 10.3. The van der Waals surface area contributed by atoms with E-state index in [1.165, 1.54) is 0 Å². The Morgan fingerprint density at radius 2 is 1.87 bits per heavy atom. The molecular weight excluding hydrogens is 360 g/mol. The number of hydrogen-bond donors (Lipinski definition) is 2. The molecule has 1 aromatic carbocycles. The van der Waals surface area contributed by atoms with Gasteiger partial charge in [0.25, 0.3) is 11.8 Å². The predicted molar refractivity (Wildman–Crippen MR) is 77.0 cm³/mol. The molecule has 0 atom stereocenters. The van der Waals surface area contributed by atoms with E-state index < -0.39 is 35.2 Å². The molecule has 0 aliphatic carbocycles. The van der Waals surface area contributed by atoms with E-state index in [0.29, 0.717) is 6.07 Å². The van der Waals surface area contributed by atoms with E-state index in [9.17, 15) is 22.8 Å². The molecule has 2 N–H and O–H groups in total. The lowest BCUT2D eigenvalue weighted by Gasteiger charge is -2.17. The summed E-state index contributed by atoms with van der Waals surface area (Å²) in [6, 6.07) is 1.69. The van der Waals surface area contributed by atoms with Crippen LogP contribution in [0.3, 0.4) is 0 Å². The molecule has 0 bridgehead atoms. The van der Waals surface area contributed by atoms with Crippen molar-refractivity contribution in [1.82, 2.24) is 4.90 Å². The summed E-state index contributed by atoms with van der Waals surface area (Å²) in [5.74, 6) is -1.50. The minimum Gasteiger partial charge on any atom is -0.395 e. The summed E-state index contributed by atoms with van der Waals surface area (Å²) in [5.41, 5.74) is -1.75. The van der Waals surface area contributed by atoms with Crippen molar-refractivity contribution in [2.45, 2.75) is 6.18 Å². The highest BCUT2D eigenvalue weighted by Gasteiger charge is 2.36. The molecule has 0 radical (unpaired) electrons. The van der Waals surface area contributed by atoms with Gasteiger partial charge in [-0.3, -0.25) is 14.5 Å². The van der Waals surface area contributed by atoms with Gasteiger partial charge in [-0.25, -0.2) is 0 Å². The highest BCUT2D eigenvalue weighted by Crippen LogP contribution is 2.42. The van der Waals surface area contributed by atoms with Crippen molar-refractivity contribution in [3.63, 3.8) is 0 Å². The molecule has 0 saturated heterocycles. The average molecular weight is 369 g/mol. The van der Waals surface area contributed by atoms with Gasteiger partial charge in [0.1, 0.15) is 5.70 Å². The van der Waals surface area contributed by atoms with Crippen molar-refractivity contribution in [2.75, 3.05) is 18.5 Å². The number of imide groups is 1. The van der Waals surface area contributed by atoms with E-state index in [-0.39, 0.29) is 23.0 Å². The normalized spacial score (nSPS) is 15.2. The van der Waals surface area contributed by atoms with Crippen molar-refractivity contribution in [2.24, 2.45) is 0 Å². The third kappa shape index (κ3) is 3.44. The first-order chi connectivity index (χ1) is 10.7. The third-order valence-corrected chi connectivity index (χ3v) is 3.70. The highest BCUT2D eigenvalue weighted by molar-refractivity contribution is 6.40. The van der Waals surface area contributed by atoms with Crippen molar-refractivity contribution >= 4 is 40.7 Å². The summed E-state index contributed by atoms with van der Waals surface area (Å²) in [6.45, 7) is -0.674. The van der Waals surface area contributed by atoms with Crippen LogP contribution in [0.15, 0.2) is 23.9 Å². The van der Waals surface area contributed by atoms with Crippen LogP contribution in [0.25, 0.3) is 0 Å². The number of nitrogens with one attached hydrogen (secondary N) is 1. The number of rotatable bonds is 4. The van der Waals surface area contributed by atoms with Crippen molar-refractivity contribution in [3.05, 3.63) is 39.5 Å². The molecule has 0 unspecified atom stereocenters. The lowest BCUT2D eigenvalue weighted by atomic mass is 10.2. The third-order valence-electron chi connectivity index (χ3n) is 2.99. The van der Waals surface area contributed by atoms with Crippen molar-refractivity contribution in [3.8, 4) is 0 Å². The zero-order valence-electron chi connectivity index (χ0n) is 11.2. The SMILES string of the molecule is O=C1C=C(Nc2c(Cl)ccc(C(F)(F)F)c2Cl)C(=O)N1CCO. The van der Waals surface area contributed by atoms with Gasteiger partial charge in [0.15, 0.2) is 0 Å². The maximum atomic E-state index is 12.8. The summed E-state index contributed by atoms with van der Waals surface area (Å²) < 4.78 is 38.5. The lowest BCUT2D eigenvalue weighted by molar-refractivity contribution is -0.138. The van der Waals surface area contributed by atoms with Gasteiger partial charge < -0.3 is 10.4 Å². The molecule has 2 amide bonds. The summed E-state index contributed by atoms with van der Waals surface area (Å²) in [4.78, 5) is 24.3. The first-order valence-electron chi connectivity index (χ1n) is 6.17. The Bertz CT molecular complexity index is 704. The fourth-order valence-electron chi connectivity index (χ4n) is 1.93. The maximum Gasteiger partial charge on any atom is 0.417 e. The van der Waals surface area contributed by atoms with Crippen LogP contribution in [0.1, 0.15) is 5.56 Å². The second-order valence-corrected chi connectivity index (χ2v) is 5.27. The van der Waals surface area contributed by atoms with E-state index in [0.717, 1.165) is 17.0 Å².